The molecule has 0 aliphatic carbocycles. The van der Waals surface area contributed by atoms with Crippen LogP contribution < -0.4 is 14.8 Å². The van der Waals surface area contributed by atoms with Crippen molar-refractivity contribution in [2.75, 3.05) is 25.2 Å². The summed E-state index contributed by atoms with van der Waals surface area (Å²) in [4.78, 5) is 26.1. The van der Waals surface area contributed by atoms with Crippen molar-refractivity contribution in [2.24, 2.45) is 5.92 Å². The van der Waals surface area contributed by atoms with Gasteiger partial charge in [-0.15, -0.1) is 0 Å². The number of hydrogen-bond donors (Lipinski definition) is 1. The predicted molar refractivity (Wildman–Crippen MR) is 86.9 cm³/mol. The summed E-state index contributed by atoms with van der Waals surface area (Å²) in [5.74, 6) is -1.85. The number of fused-ring (bicyclic) bond motifs is 1. The minimum atomic E-state index is -1.03. The summed E-state index contributed by atoms with van der Waals surface area (Å²) in [5, 5.41) is 2.53. The van der Waals surface area contributed by atoms with E-state index >= 15 is 0 Å². The average Bonchev–Trinajstić information content (AvgIpc) is 3.04. The summed E-state index contributed by atoms with van der Waals surface area (Å²) in [5.41, 5.74) is 0.628. The van der Waals surface area contributed by atoms with Crippen molar-refractivity contribution in [1.29, 1.82) is 0 Å². The Labute approximate surface area is 147 Å². The molecule has 0 atom stereocenters. The lowest BCUT2D eigenvalue weighted by Crippen LogP contribution is -2.54. The molecular formula is C18H14F2N2O4. The topological polar surface area (TPSA) is 67.9 Å². The molecule has 0 radical (unpaired) electrons. The van der Waals surface area contributed by atoms with Crippen LogP contribution in [-0.2, 0) is 4.79 Å². The van der Waals surface area contributed by atoms with Crippen molar-refractivity contribution in [3.63, 3.8) is 0 Å². The monoisotopic (exact) mass is 360 g/mol. The molecule has 8 heteroatoms. The second-order valence-electron chi connectivity index (χ2n) is 6.09. The van der Waals surface area contributed by atoms with E-state index in [1.54, 1.807) is 18.2 Å². The molecule has 4 rings (SSSR count). The lowest BCUT2D eigenvalue weighted by molar-refractivity contribution is -0.123. The molecule has 1 saturated heterocycles. The SMILES string of the molecule is O=C(Nc1ccc(F)c(F)c1)C1CN(C(=O)c2ccc3c(c2)OCO3)C1. The van der Waals surface area contributed by atoms with Gasteiger partial charge in [-0.3, -0.25) is 9.59 Å². The van der Waals surface area contributed by atoms with Crippen molar-refractivity contribution in [2.45, 2.75) is 0 Å². The summed E-state index contributed by atoms with van der Waals surface area (Å²) in [6, 6.07) is 8.07. The molecule has 2 heterocycles. The Kier molecular flexibility index (Phi) is 3.95. The van der Waals surface area contributed by atoms with E-state index in [0.717, 1.165) is 12.1 Å². The minimum Gasteiger partial charge on any atom is -0.454 e. The summed E-state index contributed by atoms with van der Waals surface area (Å²) < 4.78 is 36.5. The third-order valence-corrected chi connectivity index (χ3v) is 4.35. The second-order valence-corrected chi connectivity index (χ2v) is 6.09. The summed E-state index contributed by atoms with van der Waals surface area (Å²) in [6.07, 6.45) is 0. The largest absolute Gasteiger partial charge is 0.454 e. The van der Waals surface area contributed by atoms with Gasteiger partial charge in [-0.2, -0.15) is 0 Å². The number of benzene rings is 2. The van der Waals surface area contributed by atoms with E-state index in [1.807, 2.05) is 0 Å². The number of halogens is 2. The lowest BCUT2D eigenvalue weighted by Gasteiger charge is -2.38. The average molecular weight is 360 g/mol. The lowest BCUT2D eigenvalue weighted by atomic mass is 9.97. The number of ether oxygens (including phenoxy) is 2. The van der Waals surface area contributed by atoms with Gasteiger partial charge in [0.25, 0.3) is 5.91 Å². The number of anilines is 1. The molecule has 2 aromatic rings. The van der Waals surface area contributed by atoms with Crippen molar-refractivity contribution >= 4 is 17.5 Å². The third-order valence-electron chi connectivity index (χ3n) is 4.35. The molecule has 2 aliphatic heterocycles. The van der Waals surface area contributed by atoms with Crippen LogP contribution in [0.2, 0.25) is 0 Å². The molecule has 2 aliphatic rings. The second kappa shape index (κ2) is 6.29. The first kappa shape index (κ1) is 16.3. The quantitative estimate of drug-likeness (QED) is 0.913. The highest BCUT2D eigenvalue weighted by Crippen LogP contribution is 2.33. The molecule has 0 unspecified atom stereocenters. The third kappa shape index (κ3) is 2.94. The smallest absolute Gasteiger partial charge is 0.254 e. The standard InChI is InChI=1S/C18H14F2N2O4/c19-13-3-2-12(6-14(13)20)21-17(23)11-7-22(8-11)18(24)10-1-4-15-16(5-10)26-9-25-15/h1-6,11H,7-9H2,(H,21,23). The Morgan fingerprint density at radius 1 is 1.00 bits per heavy atom. The number of likely N-dealkylation sites (tertiary alicyclic amines) is 1. The van der Waals surface area contributed by atoms with Gasteiger partial charge >= 0.3 is 0 Å². The van der Waals surface area contributed by atoms with E-state index < -0.39 is 17.6 Å². The zero-order chi connectivity index (χ0) is 18.3. The van der Waals surface area contributed by atoms with Gasteiger partial charge < -0.3 is 19.7 Å². The molecule has 6 nitrogen and oxygen atoms in total. The summed E-state index contributed by atoms with van der Waals surface area (Å²) in [6.45, 7) is 0.633. The van der Waals surface area contributed by atoms with E-state index in [-0.39, 0.29) is 37.4 Å². The molecular weight excluding hydrogens is 346 g/mol. The van der Waals surface area contributed by atoms with Gasteiger partial charge in [0.05, 0.1) is 5.92 Å². The van der Waals surface area contributed by atoms with Crippen LogP contribution in [0.15, 0.2) is 36.4 Å². The van der Waals surface area contributed by atoms with Crippen LogP contribution in [0.25, 0.3) is 0 Å². The van der Waals surface area contributed by atoms with Crippen molar-refractivity contribution < 1.29 is 27.8 Å². The van der Waals surface area contributed by atoms with E-state index in [9.17, 15) is 18.4 Å². The van der Waals surface area contributed by atoms with Crippen LogP contribution in [0.5, 0.6) is 11.5 Å². The maximum absolute atomic E-state index is 13.2. The Hall–Kier alpha value is -3.16. The van der Waals surface area contributed by atoms with Crippen molar-refractivity contribution in [3.05, 3.63) is 53.6 Å². The van der Waals surface area contributed by atoms with E-state index in [1.165, 1.54) is 11.0 Å². The highest BCUT2D eigenvalue weighted by atomic mass is 19.2. The van der Waals surface area contributed by atoms with Gasteiger partial charge in [0, 0.05) is 30.4 Å². The maximum atomic E-state index is 13.2. The first-order valence-electron chi connectivity index (χ1n) is 7.96. The fraction of sp³-hybridized carbons (Fsp3) is 0.222. The number of hydrogen-bond acceptors (Lipinski definition) is 4. The van der Waals surface area contributed by atoms with Crippen LogP contribution in [0, 0.1) is 17.6 Å². The van der Waals surface area contributed by atoms with Gasteiger partial charge in [0.15, 0.2) is 23.1 Å². The fourth-order valence-corrected chi connectivity index (χ4v) is 2.84. The van der Waals surface area contributed by atoms with Crippen LogP contribution in [0.1, 0.15) is 10.4 Å². The van der Waals surface area contributed by atoms with Crippen molar-refractivity contribution in [1.82, 2.24) is 4.90 Å². The summed E-state index contributed by atoms with van der Waals surface area (Å²) >= 11 is 0. The Morgan fingerprint density at radius 2 is 1.77 bits per heavy atom. The molecule has 0 aromatic heterocycles. The molecule has 2 aromatic carbocycles. The molecule has 26 heavy (non-hydrogen) atoms. The molecule has 1 N–H and O–H groups in total. The highest BCUT2D eigenvalue weighted by Gasteiger charge is 2.36. The highest BCUT2D eigenvalue weighted by molar-refractivity contribution is 5.99. The number of amides is 2. The van der Waals surface area contributed by atoms with Crippen LogP contribution in [0.4, 0.5) is 14.5 Å². The van der Waals surface area contributed by atoms with Gasteiger partial charge in [-0.05, 0) is 30.3 Å². The molecule has 0 saturated carbocycles. The number of carbonyl (C=O) groups excluding carboxylic acids is 2. The van der Waals surface area contributed by atoms with Gasteiger partial charge in [0.2, 0.25) is 12.7 Å². The first-order chi connectivity index (χ1) is 12.5. The first-order valence-corrected chi connectivity index (χ1v) is 7.96. The van der Waals surface area contributed by atoms with E-state index in [2.05, 4.69) is 5.32 Å². The fourth-order valence-electron chi connectivity index (χ4n) is 2.84. The summed E-state index contributed by atoms with van der Waals surface area (Å²) in [7, 11) is 0. The molecule has 2 amide bonds. The molecule has 134 valence electrons. The van der Waals surface area contributed by atoms with E-state index in [0.29, 0.717) is 17.1 Å². The van der Waals surface area contributed by atoms with Gasteiger partial charge in [-0.1, -0.05) is 0 Å². The molecule has 1 fully saturated rings. The maximum Gasteiger partial charge on any atom is 0.254 e. The van der Waals surface area contributed by atoms with Crippen LogP contribution in [-0.4, -0.2) is 36.6 Å². The number of rotatable bonds is 3. The van der Waals surface area contributed by atoms with Crippen LogP contribution in [0.3, 0.4) is 0 Å². The van der Waals surface area contributed by atoms with Gasteiger partial charge in [0.1, 0.15) is 0 Å². The zero-order valence-corrected chi connectivity index (χ0v) is 13.5. The van der Waals surface area contributed by atoms with Crippen molar-refractivity contribution in [3.8, 4) is 11.5 Å². The van der Waals surface area contributed by atoms with E-state index in [4.69, 9.17) is 9.47 Å². The number of nitrogens with one attached hydrogen (secondary N) is 1. The molecule has 0 bridgehead atoms. The Bertz CT molecular complexity index is 897. The molecule has 0 spiro atoms. The van der Waals surface area contributed by atoms with Gasteiger partial charge in [-0.25, -0.2) is 8.78 Å². The van der Waals surface area contributed by atoms with Crippen LogP contribution >= 0.6 is 0 Å². The number of nitrogens with zero attached hydrogens (tertiary/aromatic N) is 1. The predicted octanol–water partition coefficient (Wildman–Crippen LogP) is 2.40. The Morgan fingerprint density at radius 3 is 2.54 bits per heavy atom. The minimum absolute atomic E-state index is 0.128. The normalized spacial score (nSPS) is 15.5. The Balaban J connectivity index is 1.35. The number of carbonyl (C=O) groups is 2. The zero-order valence-electron chi connectivity index (χ0n) is 13.5.